The summed E-state index contributed by atoms with van der Waals surface area (Å²) in [5, 5.41) is 8.85. The number of carbonyl (C=O) groups is 1. The predicted molar refractivity (Wildman–Crippen MR) is 77.7 cm³/mol. The molecule has 1 amide bonds. The van der Waals surface area contributed by atoms with E-state index in [4.69, 9.17) is 10.00 Å². The van der Waals surface area contributed by atoms with Gasteiger partial charge in [-0.15, -0.1) is 0 Å². The highest BCUT2D eigenvalue weighted by molar-refractivity contribution is 5.94. The maximum atomic E-state index is 12.4. The quantitative estimate of drug-likeness (QED) is 0.817. The molecule has 0 aliphatic carbocycles. The third kappa shape index (κ3) is 3.57. The maximum Gasteiger partial charge on any atom is 0.253 e. The molecule has 1 aliphatic rings. The molecule has 0 radical (unpaired) electrons. The Labute approximate surface area is 124 Å². The van der Waals surface area contributed by atoms with Crippen molar-refractivity contribution in [1.29, 1.82) is 5.26 Å². The first-order valence-electron chi connectivity index (χ1n) is 6.89. The molecular formula is C15H20N4O2. The Morgan fingerprint density at radius 1 is 1.67 bits per heavy atom. The van der Waals surface area contributed by atoms with Crippen LogP contribution >= 0.6 is 0 Å². The minimum absolute atomic E-state index is 0.0943. The average Bonchev–Trinajstić information content (AvgIpc) is 2.86. The number of carbonyl (C=O) groups excluding carboxylic acids is 1. The first-order valence-corrected chi connectivity index (χ1v) is 6.89. The molecule has 1 aliphatic heterocycles. The van der Waals surface area contributed by atoms with Crippen LogP contribution in [0.1, 0.15) is 22.5 Å². The minimum atomic E-state index is -0.0943. The van der Waals surface area contributed by atoms with Gasteiger partial charge in [0, 0.05) is 45.0 Å². The summed E-state index contributed by atoms with van der Waals surface area (Å²) in [5.74, 6) is -0.0943. The van der Waals surface area contributed by atoms with E-state index in [0.29, 0.717) is 18.2 Å². The van der Waals surface area contributed by atoms with Gasteiger partial charge >= 0.3 is 0 Å². The smallest absolute Gasteiger partial charge is 0.253 e. The van der Waals surface area contributed by atoms with Gasteiger partial charge in [-0.1, -0.05) is 0 Å². The predicted octanol–water partition coefficient (Wildman–Crippen LogP) is 0.744. The minimum Gasteiger partial charge on any atom is -0.380 e. The van der Waals surface area contributed by atoms with E-state index in [-0.39, 0.29) is 17.7 Å². The van der Waals surface area contributed by atoms with Gasteiger partial charge in [0.25, 0.3) is 5.91 Å². The molecule has 0 saturated carbocycles. The molecule has 21 heavy (non-hydrogen) atoms. The Balaban J connectivity index is 2.01. The zero-order valence-electron chi connectivity index (χ0n) is 12.6. The summed E-state index contributed by atoms with van der Waals surface area (Å²) in [6.07, 6.45) is 2.64. The SMILES string of the molecule is CO[C@H]1C[C@@H](CN(C)C(=O)c2ccnc(C#N)c2)N(C)C1. The van der Waals surface area contributed by atoms with E-state index in [1.165, 1.54) is 12.3 Å². The first-order chi connectivity index (χ1) is 10.0. The average molecular weight is 288 g/mol. The molecule has 1 saturated heterocycles. The lowest BCUT2D eigenvalue weighted by molar-refractivity contribution is 0.0760. The van der Waals surface area contributed by atoms with Crippen LogP contribution in [-0.4, -0.2) is 67.1 Å². The monoisotopic (exact) mass is 288 g/mol. The van der Waals surface area contributed by atoms with Crippen molar-refractivity contribution in [2.45, 2.75) is 18.6 Å². The highest BCUT2D eigenvalue weighted by Crippen LogP contribution is 2.19. The van der Waals surface area contributed by atoms with E-state index < -0.39 is 0 Å². The maximum absolute atomic E-state index is 12.4. The van der Waals surface area contributed by atoms with Crippen molar-refractivity contribution in [3.05, 3.63) is 29.6 Å². The number of nitrogens with zero attached hydrogens (tertiary/aromatic N) is 4. The first kappa shape index (κ1) is 15.4. The third-order valence-corrected chi connectivity index (χ3v) is 3.94. The Morgan fingerprint density at radius 3 is 3.05 bits per heavy atom. The van der Waals surface area contributed by atoms with Crippen molar-refractivity contribution in [3.8, 4) is 6.07 Å². The fraction of sp³-hybridized carbons (Fsp3) is 0.533. The summed E-state index contributed by atoms with van der Waals surface area (Å²) in [6.45, 7) is 1.52. The molecule has 1 aromatic heterocycles. The van der Waals surface area contributed by atoms with Gasteiger partial charge in [0.2, 0.25) is 0 Å². The lowest BCUT2D eigenvalue weighted by Gasteiger charge is -2.25. The number of pyridine rings is 1. The summed E-state index contributed by atoms with van der Waals surface area (Å²) >= 11 is 0. The molecule has 6 heteroatoms. The summed E-state index contributed by atoms with van der Waals surface area (Å²) < 4.78 is 5.38. The molecule has 0 bridgehead atoms. The number of methoxy groups -OCH3 is 1. The topological polar surface area (TPSA) is 69.5 Å². The molecule has 112 valence electrons. The number of likely N-dealkylation sites (tertiary alicyclic amines) is 1. The van der Waals surface area contributed by atoms with E-state index in [0.717, 1.165) is 13.0 Å². The van der Waals surface area contributed by atoms with Crippen molar-refractivity contribution >= 4 is 5.91 Å². The molecule has 0 unspecified atom stereocenters. The van der Waals surface area contributed by atoms with Gasteiger partial charge in [-0.2, -0.15) is 5.26 Å². The van der Waals surface area contributed by atoms with Gasteiger partial charge < -0.3 is 9.64 Å². The van der Waals surface area contributed by atoms with Crippen LogP contribution in [0, 0.1) is 11.3 Å². The van der Waals surface area contributed by atoms with Crippen molar-refractivity contribution in [1.82, 2.24) is 14.8 Å². The second kappa shape index (κ2) is 6.66. The van der Waals surface area contributed by atoms with Crippen LogP contribution in [0.15, 0.2) is 18.3 Å². The van der Waals surface area contributed by atoms with Gasteiger partial charge in [-0.3, -0.25) is 9.69 Å². The summed E-state index contributed by atoms with van der Waals surface area (Å²) in [6, 6.07) is 5.40. The molecule has 0 spiro atoms. The van der Waals surface area contributed by atoms with Crippen LogP contribution in [0.4, 0.5) is 0 Å². The number of hydrogen-bond donors (Lipinski definition) is 0. The highest BCUT2D eigenvalue weighted by atomic mass is 16.5. The van der Waals surface area contributed by atoms with E-state index >= 15 is 0 Å². The van der Waals surface area contributed by atoms with Gasteiger partial charge in [-0.05, 0) is 25.6 Å². The third-order valence-electron chi connectivity index (χ3n) is 3.94. The number of nitriles is 1. The second-order valence-corrected chi connectivity index (χ2v) is 5.41. The molecule has 2 rings (SSSR count). The van der Waals surface area contributed by atoms with Gasteiger partial charge in [0.1, 0.15) is 11.8 Å². The standard InChI is InChI=1S/C15H20N4O2/c1-18-10-14(21-3)7-13(18)9-19(2)15(20)11-4-5-17-12(6-11)8-16/h4-6,13-14H,7,9-10H2,1-3H3/t13-,14-/m0/s1. The van der Waals surface area contributed by atoms with Crippen molar-refractivity contribution in [2.75, 3.05) is 34.3 Å². The van der Waals surface area contributed by atoms with E-state index in [2.05, 4.69) is 9.88 Å². The number of amides is 1. The van der Waals surface area contributed by atoms with E-state index in [9.17, 15) is 4.79 Å². The number of ether oxygens (including phenoxy) is 1. The van der Waals surface area contributed by atoms with Gasteiger partial charge in [0.15, 0.2) is 0 Å². The van der Waals surface area contributed by atoms with E-state index in [1.807, 2.05) is 13.1 Å². The van der Waals surface area contributed by atoms with Crippen molar-refractivity contribution in [2.24, 2.45) is 0 Å². The molecule has 1 aromatic rings. The van der Waals surface area contributed by atoms with Crippen LogP contribution in [0.3, 0.4) is 0 Å². The van der Waals surface area contributed by atoms with Crippen LogP contribution < -0.4 is 0 Å². The number of likely N-dealkylation sites (N-methyl/N-ethyl adjacent to an activating group) is 2. The second-order valence-electron chi connectivity index (χ2n) is 5.41. The Kier molecular flexibility index (Phi) is 4.89. The fourth-order valence-electron chi connectivity index (χ4n) is 2.66. The molecule has 2 heterocycles. The van der Waals surface area contributed by atoms with Crippen LogP contribution in [-0.2, 0) is 4.74 Å². The number of hydrogen-bond acceptors (Lipinski definition) is 5. The molecular weight excluding hydrogens is 268 g/mol. The van der Waals surface area contributed by atoms with E-state index in [1.54, 1.807) is 25.1 Å². The fourth-order valence-corrected chi connectivity index (χ4v) is 2.66. The Morgan fingerprint density at radius 2 is 2.43 bits per heavy atom. The highest BCUT2D eigenvalue weighted by Gasteiger charge is 2.31. The number of aromatic nitrogens is 1. The lowest BCUT2D eigenvalue weighted by Crippen LogP contribution is -2.39. The zero-order valence-corrected chi connectivity index (χ0v) is 12.6. The Bertz CT molecular complexity index is 555. The van der Waals surface area contributed by atoms with Gasteiger partial charge in [0.05, 0.1) is 6.10 Å². The summed E-state index contributed by atoms with van der Waals surface area (Å²) in [4.78, 5) is 20.2. The van der Waals surface area contributed by atoms with Gasteiger partial charge in [-0.25, -0.2) is 4.98 Å². The van der Waals surface area contributed by atoms with Crippen LogP contribution in [0.25, 0.3) is 0 Å². The lowest BCUT2D eigenvalue weighted by atomic mass is 10.1. The molecule has 2 atom stereocenters. The molecule has 1 fully saturated rings. The van der Waals surface area contributed by atoms with Crippen molar-refractivity contribution < 1.29 is 9.53 Å². The summed E-state index contributed by atoms with van der Waals surface area (Å²) in [7, 11) is 5.54. The zero-order chi connectivity index (χ0) is 15.4. The molecule has 0 aromatic carbocycles. The summed E-state index contributed by atoms with van der Waals surface area (Å²) in [5.41, 5.74) is 0.750. The van der Waals surface area contributed by atoms with Crippen LogP contribution in [0.2, 0.25) is 0 Å². The van der Waals surface area contributed by atoms with Crippen molar-refractivity contribution in [3.63, 3.8) is 0 Å². The van der Waals surface area contributed by atoms with Crippen LogP contribution in [0.5, 0.6) is 0 Å². The Hall–Kier alpha value is -1.97. The largest absolute Gasteiger partial charge is 0.380 e. The normalized spacial score (nSPS) is 22.0. The molecule has 6 nitrogen and oxygen atoms in total. The number of rotatable bonds is 4. The molecule has 0 N–H and O–H groups in total.